The fourth-order valence-electron chi connectivity index (χ4n) is 0.283. The predicted octanol–water partition coefficient (Wildman–Crippen LogP) is 3.12. The summed E-state index contributed by atoms with van der Waals surface area (Å²) in [6, 6.07) is 0. The Bertz CT molecular complexity index is 128. The number of rotatable bonds is 2. The van der Waals surface area contributed by atoms with E-state index in [-0.39, 0.29) is 6.42 Å². The Morgan fingerprint density at radius 2 is 1.80 bits per heavy atom. The maximum atomic E-state index is 10.3. The summed E-state index contributed by atoms with van der Waals surface area (Å²) in [7, 11) is 0. The lowest BCUT2D eigenvalue weighted by molar-refractivity contribution is -0.111. The Labute approximate surface area is 83.5 Å². The van der Waals surface area contributed by atoms with Gasteiger partial charge in [-0.3, -0.25) is 4.79 Å². The second kappa shape index (κ2) is 4.22. The van der Waals surface area contributed by atoms with Crippen LogP contribution in [0.25, 0.3) is 0 Å². The molecule has 0 aliphatic carbocycles. The average molecular weight is 244 g/mol. The van der Waals surface area contributed by atoms with Gasteiger partial charge in [0.2, 0.25) is 5.24 Å². The van der Waals surface area contributed by atoms with Crippen molar-refractivity contribution in [3.8, 4) is 0 Å². The van der Waals surface area contributed by atoms with Gasteiger partial charge in [0, 0.05) is 6.42 Å². The zero-order valence-electron chi connectivity index (χ0n) is 4.58. The van der Waals surface area contributed by atoms with Crippen molar-refractivity contribution in [3.05, 3.63) is 0 Å². The first-order valence-electron chi connectivity index (χ1n) is 2.23. The quantitative estimate of drug-likeness (QED) is 0.539. The van der Waals surface area contributed by atoms with Gasteiger partial charge in [0.25, 0.3) is 0 Å². The first-order chi connectivity index (χ1) is 4.33. The van der Waals surface area contributed by atoms with Gasteiger partial charge in [-0.25, -0.2) is 0 Å². The number of alkyl halides is 4. The van der Waals surface area contributed by atoms with E-state index in [1.165, 1.54) is 0 Å². The van der Waals surface area contributed by atoms with E-state index in [9.17, 15) is 4.79 Å². The van der Waals surface area contributed by atoms with Gasteiger partial charge >= 0.3 is 0 Å². The van der Waals surface area contributed by atoms with Crippen LogP contribution >= 0.6 is 58.0 Å². The maximum absolute atomic E-state index is 10.3. The highest BCUT2D eigenvalue weighted by molar-refractivity contribution is 6.71. The van der Waals surface area contributed by atoms with Gasteiger partial charge in [-0.05, 0) is 11.6 Å². The van der Waals surface area contributed by atoms with E-state index >= 15 is 0 Å². The summed E-state index contributed by atoms with van der Waals surface area (Å²) in [6.07, 6.45) is -0.0818. The normalized spacial score (nSPS) is 14.9. The molecule has 6 heteroatoms. The Morgan fingerprint density at radius 1 is 1.40 bits per heavy atom. The molecule has 1 nitrogen and oxygen atoms in total. The molecule has 10 heavy (non-hydrogen) atoms. The zero-order valence-corrected chi connectivity index (χ0v) is 8.36. The van der Waals surface area contributed by atoms with Gasteiger partial charge in [-0.2, -0.15) is 0 Å². The van der Waals surface area contributed by atoms with E-state index in [1.54, 1.807) is 0 Å². The van der Waals surface area contributed by atoms with E-state index in [1.807, 2.05) is 0 Å². The number of hydrogen-bond acceptors (Lipinski definition) is 1. The van der Waals surface area contributed by atoms with E-state index in [0.717, 1.165) is 0 Å². The van der Waals surface area contributed by atoms with Gasteiger partial charge in [-0.15, -0.1) is 11.6 Å². The lowest BCUT2D eigenvalue weighted by atomic mass is 10.3. The minimum atomic E-state index is -1.52. The molecule has 0 N–H and O–H groups in total. The van der Waals surface area contributed by atoms with Crippen LogP contribution in [0.5, 0.6) is 0 Å². The Morgan fingerprint density at radius 3 is 1.90 bits per heavy atom. The smallest absolute Gasteiger partial charge is 0.239 e. The molecule has 0 amide bonds. The highest BCUT2D eigenvalue weighted by Crippen LogP contribution is 2.33. The van der Waals surface area contributed by atoms with Crippen LogP contribution in [0.1, 0.15) is 6.42 Å². The molecule has 0 rings (SSSR count). The Kier molecular flexibility index (Phi) is 4.69. The second-order valence-electron chi connectivity index (χ2n) is 1.59. The molecule has 0 aromatic heterocycles. The predicted molar refractivity (Wildman–Crippen MR) is 45.4 cm³/mol. The molecule has 0 spiro atoms. The molecular weight excluding hydrogens is 241 g/mol. The van der Waals surface area contributed by atoms with Gasteiger partial charge in [0.15, 0.2) is 3.79 Å². The standard InChI is InChI=1S/C4H3Cl5O/c5-2(3(6)10)1-4(7,8)9/h2H,1H2. The molecule has 1 atom stereocenters. The zero-order chi connectivity index (χ0) is 8.36. The molecule has 0 saturated carbocycles. The molecule has 0 aromatic carbocycles. The van der Waals surface area contributed by atoms with E-state index < -0.39 is 14.4 Å². The maximum Gasteiger partial charge on any atom is 0.239 e. The topological polar surface area (TPSA) is 17.1 Å². The largest absolute Gasteiger partial charge is 0.280 e. The molecule has 0 radical (unpaired) electrons. The molecule has 1 unspecified atom stereocenters. The van der Waals surface area contributed by atoms with Crippen LogP contribution in [0.15, 0.2) is 0 Å². The molecule has 0 heterocycles. The van der Waals surface area contributed by atoms with Crippen LogP contribution < -0.4 is 0 Å². The summed E-state index contributed by atoms with van der Waals surface area (Å²) in [5.74, 6) is 0. The van der Waals surface area contributed by atoms with Crippen molar-refractivity contribution in [1.82, 2.24) is 0 Å². The number of carbonyl (C=O) groups is 1. The van der Waals surface area contributed by atoms with Crippen molar-refractivity contribution >= 4 is 63.2 Å². The van der Waals surface area contributed by atoms with Gasteiger partial charge in [-0.1, -0.05) is 34.8 Å². The third-order valence-electron chi connectivity index (χ3n) is 0.657. The van der Waals surface area contributed by atoms with E-state index in [2.05, 4.69) is 0 Å². The molecule has 0 fully saturated rings. The molecule has 0 bridgehead atoms. The lowest BCUT2D eigenvalue weighted by Crippen LogP contribution is -2.16. The third-order valence-corrected chi connectivity index (χ3v) is 1.85. The Hall–Kier alpha value is 1.12. The highest BCUT2D eigenvalue weighted by atomic mass is 35.6. The summed E-state index contributed by atoms with van der Waals surface area (Å²) in [6.45, 7) is 0. The SMILES string of the molecule is O=C(Cl)C(Cl)CC(Cl)(Cl)Cl. The van der Waals surface area contributed by atoms with Gasteiger partial charge in [0.1, 0.15) is 5.38 Å². The molecule has 0 aromatic rings. The summed E-state index contributed by atoms with van der Waals surface area (Å²) in [5, 5.41) is -1.65. The minimum absolute atomic E-state index is 0.0818. The molecule has 0 aliphatic rings. The van der Waals surface area contributed by atoms with Gasteiger partial charge in [0.05, 0.1) is 0 Å². The summed E-state index contributed by atoms with van der Waals surface area (Å²) < 4.78 is -1.52. The number of hydrogen-bond donors (Lipinski definition) is 0. The van der Waals surface area contributed by atoms with Crippen LogP contribution in [-0.2, 0) is 4.79 Å². The summed E-state index contributed by atoms with van der Waals surface area (Å²) >= 11 is 26.3. The van der Waals surface area contributed by atoms with Crippen molar-refractivity contribution in [2.24, 2.45) is 0 Å². The third kappa shape index (κ3) is 5.87. The highest BCUT2D eigenvalue weighted by Gasteiger charge is 2.27. The van der Waals surface area contributed by atoms with Crippen LogP contribution in [0.3, 0.4) is 0 Å². The van der Waals surface area contributed by atoms with E-state index in [4.69, 9.17) is 58.0 Å². The number of carbonyl (C=O) groups excluding carboxylic acids is 1. The van der Waals surface area contributed by atoms with Crippen molar-refractivity contribution in [2.75, 3.05) is 0 Å². The van der Waals surface area contributed by atoms with Crippen LogP contribution in [0.2, 0.25) is 0 Å². The monoisotopic (exact) mass is 242 g/mol. The lowest BCUT2D eigenvalue weighted by Gasteiger charge is -2.11. The van der Waals surface area contributed by atoms with Crippen molar-refractivity contribution in [1.29, 1.82) is 0 Å². The molecule has 60 valence electrons. The van der Waals surface area contributed by atoms with Crippen LogP contribution in [0, 0.1) is 0 Å². The van der Waals surface area contributed by atoms with Crippen LogP contribution in [0.4, 0.5) is 0 Å². The first-order valence-corrected chi connectivity index (χ1v) is 4.18. The fourth-order valence-corrected chi connectivity index (χ4v) is 1.29. The average Bonchev–Trinajstić information content (AvgIpc) is 1.60. The van der Waals surface area contributed by atoms with Crippen molar-refractivity contribution < 1.29 is 4.79 Å². The van der Waals surface area contributed by atoms with Crippen molar-refractivity contribution in [2.45, 2.75) is 15.6 Å². The molecular formula is C4H3Cl5O. The van der Waals surface area contributed by atoms with Gasteiger partial charge < -0.3 is 0 Å². The number of halogens is 5. The molecule has 0 aliphatic heterocycles. The fraction of sp³-hybridized carbons (Fsp3) is 0.750. The summed E-state index contributed by atoms with van der Waals surface area (Å²) in [5.41, 5.74) is 0. The molecule has 0 saturated heterocycles. The Balaban J connectivity index is 3.80. The first kappa shape index (κ1) is 11.1. The van der Waals surface area contributed by atoms with Crippen LogP contribution in [-0.4, -0.2) is 14.4 Å². The minimum Gasteiger partial charge on any atom is -0.280 e. The van der Waals surface area contributed by atoms with E-state index in [0.29, 0.717) is 0 Å². The summed E-state index contributed by atoms with van der Waals surface area (Å²) in [4.78, 5) is 10.3. The second-order valence-corrected chi connectivity index (χ2v) is 5.01. The van der Waals surface area contributed by atoms with Crippen molar-refractivity contribution in [3.63, 3.8) is 0 Å².